The molecule has 0 spiro atoms. The van der Waals surface area contributed by atoms with Crippen LogP contribution in [-0.2, 0) is 13.1 Å². The van der Waals surface area contributed by atoms with Gasteiger partial charge in [-0.3, -0.25) is 4.68 Å². The van der Waals surface area contributed by atoms with E-state index in [4.69, 9.17) is 22.1 Å². The van der Waals surface area contributed by atoms with Crippen molar-refractivity contribution in [2.75, 3.05) is 6.61 Å². The molecular weight excluding hydrogens is 238 g/mol. The number of nitrogens with two attached hydrogens (primary N) is 1. The van der Waals surface area contributed by atoms with Crippen LogP contribution in [0.25, 0.3) is 0 Å². The fraction of sp³-hybridized carbons (Fsp3) is 0.250. The Morgan fingerprint density at radius 1 is 1.41 bits per heavy atom. The first kappa shape index (κ1) is 12.0. The van der Waals surface area contributed by atoms with Crippen molar-refractivity contribution in [1.29, 1.82) is 0 Å². The molecule has 0 aliphatic heterocycles. The van der Waals surface area contributed by atoms with Gasteiger partial charge in [0.15, 0.2) is 0 Å². The Balaban J connectivity index is 1.89. The van der Waals surface area contributed by atoms with Gasteiger partial charge in [0, 0.05) is 24.0 Å². The van der Waals surface area contributed by atoms with Gasteiger partial charge >= 0.3 is 0 Å². The molecule has 2 N–H and O–H groups in total. The maximum atomic E-state index is 6.03. The number of hydrogen-bond acceptors (Lipinski definition) is 3. The molecule has 1 aromatic heterocycles. The van der Waals surface area contributed by atoms with E-state index in [-0.39, 0.29) is 0 Å². The maximum absolute atomic E-state index is 6.03. The highest BCUT2D eigenvalue weighted by Gasteiger charge is 2.01. The number of benzene rings is 1. The molecule has 4 nitrogen and oxygen atoms in total. The van der Waals surface area contributed by atoms with Gasteiger partial charge in [-0.1, -0.05) is 17.7 Å². The third-order valence-electron chi connectivity index (χ3n) is 2.39. The lowest BCUT2D eigenvalue weighted by Gasteiger charge is -2.08. The van der Waals surface area contributed by atoms with Gasteiger partial charge in [0.05, 0.1) is 6.54 Å². The van der Waals surface area contributed by atoms with Gasteiger partial charge in [-0.25, -0.2) is 0 Å². The molecule has 5 heteroatoms. The van der Waals surface area contributed by atoms with Crippen LogP contribution >= 0.6 is 11.6 Å². The predicted molar refractivity (Wildman–Crippen MR) is 67.1 cm³/mol. The number of halogens is 1. The summed E-state index contributed by atoms with van der Waals surface area (Å²) in [6.45, 7) is 1.70. The molecule has 1 heterocycles. The van der Waals surface area contributed by atoms with Crippen molar-refractivity contribution in [3.05, 3.63) is 47.2 Å². The van der Waals surface area contributed by atoms with Gasteiger partial charge < -0.3 is 10.5 Å². The SMILES string of the molecule is NCc1ccc(OCCn2cccn2)cc1Cl. The molecule has 0 saturated carbocycles. The van der Waals surface area contributed by atoms with Crippen LogP contribution in [0, 0.1) is 0 Å². The molecule has 17 heavy (non-hydrogen) atoms. The number of nitrogens with zero attached hydrogens (tertiary/aromatic N) is 2. The Hall–Kier alpha value is -1.52. The van der Waals surface area contributed by atoms with Crippen LogP contribution in [0.5, 0.6) is 5.75 Å². The van der Waals surface area contributed by atoms with Crippen LogP contribution in [-0.4, -0.2) is 16.4 Å². The molecule has 0 aliphatic rings. The summed E-state index contributed by atoms with van der Waals surface area (Å²) >= 11 is 6.03. The molecule has 0 bridgehead atoms. The molecule has 90 valence electrons. The van der Waals surface area contributed by atoms with Gasteiger partial charge in [-0.05, 0) is 23.8 Å². The Labute approximate surface area is 105 Å². The Bertz CT molecular complexity index is 471. The minimum atomic E-state index is 0.437. The summed E-state index contributed by atoms with van der Waals surface area (Å²) in [7, 11) is 0. The summed E-state index contributed by atoms with van der Waals surface area (Å²) in [5.41, 5.74) is 6.45. The van der Waals surface area contributed by atoms with Crippen molar-refractivity contribution < 1.29 is 4.74 Å². The highest BCUT2D eigenvalue weighted by molar-refractivity contribution is 6.31. The van der Waals surface area contributed by atoms with Crippen LogP contribution in [0.2, 0.25) is 5.02 Å². The average Bonchev–Trinajstić information content (AvgIpc) is 2.82. The summed E-state index contributed by atoms with van der Waals surface area (Å²) in [6.07, 6.45) is 3.64. The minimum Gasteiger partial charge on any atom is -0.492 e. The van der Waals surface area contributed by atoms with E-state index in [1.54, 1.807) is 12.3 Å². The number of rotatable bonds is 5. The van der Waals surface area contributed by atoms with E-state index in [9.17, 15) is 0 Å². The molecule has 0 amide bonds. The Kier molecular flexibility index (Phi) is 4.01. The summed E-state index contributed by atoms with van der Waals surface area (Å²) in [4.78, 5) is 0. The molecule has 0 atom stereocenters. The van der Waals surface area contributed by atoms with Gasteiger partial charge in [0.1, 0.15) is 12.4 Å². The molecule has 1 aromatic carbocycles. The molecule has 0 aliphatic carbocycles. The zero-order valence-electron chi connectivity index (χ0n) is 9.34. The van der Waals surface area contributed by atoms with E-state index >= 15 is 0 Å². The van der Waals surface area contributed by atoms with Crippen molar-refractivity contribution in [2.45, 2.75) is 13.1 Å². The number of hydrogen-bond donors (Lipinski definition) is 1. The highest BCUT2D eigenvalue weighted by Crippen LogP contribution is 2.22. The zero-order valence-corrected chi connectivity index (χ0v) is 10.1. The fourth-order valence-corrected chi connectivity index (χ4v) is 1.72. The van der Waals surface area contributed by atoms with Gasteiger partial charge in [-0.15, -0.1) is 0 Å². The minimum absolute atomic E-state index is 0.437. The standard InChI is InChI=1S/C12H14ClN3O/c13-12-8-11(3-2-10(12)9-14)17-7-6-16-5-1-4-15-16/h1-5,8H,6-7,9,14H2. The van der Waals surface area contributed by atoms with Crippen molar-refractivity contribution in [3.63, 3.8) is 0 Å². The van der Waals surface area contributed by atoms with Crippen molar-refractivity contribution in [3.8, 4) is 5.75 Å². The van der Waals surface area contributed by atoms with E-state index < -0.39 is 0 Å². The summed E-state index contributed by atoms with van der Waals surface area (Å²) in [5.74, 6) is 0.749. The number of ether oxygens (including phenoxy) is 1. The smallest absolute Gasteiger partial charge is 0.120 e. The van der Waals surface area contributed by atoms with E-state index in [1.807, 2.05) is 29.1 Å². The third-order valence-corrected chi connectivity index (χ3v) is 2.74. The third kappa shape index (κ3) is 3.22. The largest absolute Gasteiger partial charge is 0.492 e. The average molecular weight is 252 g/mol. The van der Waals surface area contributed by atoms with E-state index in [1.165, 1.54) is 0 Å². The molecule has 2 aromatic rings. The molecule has 0 unspecified atom stereocenters. The predicted octanol–water partition coefficient (Wildman–Crippen LogP) is 2.07. The first-order chi connectivity index (χ1) is 8.29. The fourth-order valence-electron chi connectivity index (χ4n) is 1.47. The van der Waals surface area contributed by atoms with Crippen LogP contribution in [0.3, 0.4) is 0 Å². The highest BCUT2D eigenvalue weighted by atomic mass is 35.5. The second-order valence-corrected chi connectivity index (χ2v) is 3.98. The Morgan fingerprint density at radius 3 is 2.94 bits per heavy atom. The molecule has 2 rings (SSSR count). The molecule has 0 radical (unpaired) electrons. The van der Waals surface area contributed by atoms with Gasteiger partial charge in [-0.2, -0.15) is 5.10 Å². The Morgan fingerprint density at radius 2 is 2.29 bits per heavy atom. The lowest BCUT2D eigenvalue weighted by atomic mass is 10.2. The van der Waals surface area contributed by atoms with Crippen LogP contribution in [0.4, 0.5) is 0 Å². The van der Waals surface area contributed by atoms with E-state index in [0.717, 1.165) is 11.3 Å². The first-order valence-electron chi connectivity index (χ1n) is 5.38. The van der Waals surface area contributed by atoms with Crippen LogP contribution in [0.1, 0.15) is 5.56 Å². The summed E-state index contributed by atoms with van der Waals surface area (Å²) in [5, 5.41) is 4.73. The lowest BCUT2D eigenvalue weighted by Crippen LogP contribution is -2.08. The van der Waals surface area contributed by atoms with Crippen molar-refractivity contribution in [2.24, 2.45) is 5.73 Å². The van der Waals surface area contributed by atoms with E-state index in [2.05, 4.69) is 5.10 Å². The van der Waals surface area contributed by atoms with Gasteiger partial charge in [0.25, 0.3) is 0 Å². The summed E-state index contributed by atoms with van der Waals surface area (Å²) in [6, 6.07) is 7.42. The second-order valence-electron chi connectivity index (χ2n) is 3.57. The monoisotopic (exact) mass is 251 g/mol. The molecule has 0 saturated heterocycles. The zero-order chi connectivity index (χ0) is 12.1. The molecular formula is C12H14ClN3O. The maximum Gasteiger partial charge on any atom is 0.120 e. The normalized spacial score (nSPS) is 10.5. The van der Waals surface area contributed by atoms with Crippen molar-refractivity contribution >= 4 is 11.6 Å². The van der Waals surface area contributed by atoms with Gasteiger partial charge in [0.2, 0.25) is 0 Å². The van der Waals surface area contributed by atoms with Crippen molar-refractivity contribution in [1.82, 2.24) is 9.78 Å². The van der Waals surface area contributed by atoms with E-state index in [0.29, 0.717) is 24.7 Å². The molecule has 0 fully saturated rings. The van der Waals surface area contributed by atoms with Crippen LogP contribution < -0.4 is 10.5 Å². The number of aromatic nitrogens is 2. The van der Waals surface area contributed by atoms with Crippen LogP contribution in [0.15, 0.2) is 36.7 Å². The summed E-state index contributed by atoms with van der Waals surface area (Å²) < 4.78 is 7.39. The lowest BCUT2D eigenvalue weighted by molar-refractivity contribution is 0.291. The topological polar surface area (TPSA) is 53.1 Å². The second kappa shape index (κ2) is 5.70. The quantitative estimate of drug-likeness (QED) is 0.885. The first-order valence-corrected chi connectivity index (χ1v) is 5.76.